The van der Waals surface area contributed by atoms with Gasteiger partial charge in [-0.25, -0.2) is 0 Å². The highest BCUT2D eigenvalue weighted by atomic mass is 16.5. The Morgan fingerprint density at radius 2 is 1.44 bits per heavy atom. The highest BCUT2D eigenvalue weighted by molar-refractivity contribution is 5.97. The molecule has 0 radical (unpaired) electrons. The summed E-state index contributed by atoms with van der Waals surface area (Å²) in [5, 5.41) is 2.26. The lowest BCUT2D eigenvalue weighted by Gasteiger charge is -2.34. The van der Waals surface area contributed by atoms with Crippen molar-refractivity contribution < 1.29 is 19.1 Å². The molecule has 0 aliphatic carbocycles. The molecule has 1 aliphatic rings. The molecule has 164 valence electrons. The van der Waals surface area contributed by atoms with Crippen LogP contribution in [0.15, 0.2) is 66.7 Å². The molecule has 3 aromatic carbocycles. The molecule has 1 fully saturated rings. The monoisotopic (exact) mass is 430 g/mol. The van der Waals surface area contributed by atoms with Crippen molar-refractivity contribution in [3.8, 4) is 11.5 Å². The molecule has 4 rings (SSSR count). The van der Waals surface area contributed by atoms with Crippen LogP contribution in [0.25, 0.3) is 16.8 Å². The fourth-order valence-electron chi connectivity index (χ4n) is 3.91. The predicted molar refractivity (Wildman–Crippen MR) is 125 cm³/mol. The Morgan fingerprint density at radius 1 is 0.812 bits per heavy atom. The van der Waals surface area contributed by atoms with Crippen LogP contribution in [0, 0.1) is 0 Å². The highest BCUT2D eigenvalue weighted by Gasteiger charge is 2.24. The van der Waals surface area contributed by atoms with Gasteiger partial charge in [0.05, 0.1) is 14.2 Å². The lowest BCUT2D eigenvalue weighted by molar-refractivity contribution is -0.127. The molecule has 0 saturated carbocycles. The van der Waals surface area contributed by atoms with Crippen LogP contribution in [0.2, 0.25) is 0 Å². The standard InChI is InChI=1S/C26H26N2O4/c1-31-22-16-21(17-23(18-22)32-2)26(30)28-14-12-27(13-15-28)25(29)11-10-20-8-5-7-19-6-3-4-9-24(19)20/h3-11,16-18H,12-15H2,1-2H3/b11-10+. The van der Waals surface area contributed by atoms with Gasteiger partial charge in [0, 0.05) is 43.9 Å². The maximum Gasteiger partial charge on any atom is 0.254 e. The van der Waals surface area contributed by atoms with E-state index >= 15 is 0 Å². The van der Waals surface area contributed by atoms with E-state index in [1.54, 1.807) is 48.3 Å². The molecular weight excluding hydrogens is 404 g/mol. The number of amides is 2. The molecule has 1 heterocycles. The van der Waals surface area contributed by atoms with Gasteiger partial charge in [-0.15, -0.1) is 0 Å². The van der Waals surface area contributed by atoms with Gasteiger partial charge in [0.15, 0.2) is 0 Å². The van der Waals surface area contributed by atoms with E-state index < -0.39 is 0 Å². The SMILES string of the molecule is COc1cc(OC)cc(C(=O)N2CCN(C(=O)/C=C/c3cccc4ccccc34)CC2)c1. The number of hydrogen-bond acceptors (Lipinski definition) is 4. The normalized spacial score (nSPS) is 14.1. The summed E-state index contributed by atoms with van der Waals surface area (Å²) in [5.74, 6) is 0.994. The number of nitrogens with zero attached hydrogens (tertiary/aromatic N) is 2. The van der Waals surface area contributed by atoms with Crippen LogP contribution < -0.4 is 9.47 Å². The Bertz CT molecular complexity index is 1140. The van der Waals surface area contributed by atoms with Gasteiger partial charge >= 0.3 is 0 Å². The average Bonchev–Trinajstić information content (AvgIpc) is 2.86. The molecule has 1 saturated heterocycles. The highest BCUT2D eigenvalue weighted by Crippen LogP contribution is 2.24. The number of carbonyl (C=O) groups excluding carboxylic acids is 2. The Balaban J connectivity index is 1.39. The number of fused-ring (bicyclic) bond motifs is 1. The number of benzene rings is 3. The minimum absolute atomic E-state index is 0.0481. The van der Waals surface area contributed by atoms with Gasteiger partial charge in [-0.05, 0) is 34.5 Å². The van der Waals surface area contributed by atoms with Crippen LogP contribution in [0.1, 0.15) is 15.9 Å². The minimum atomic E-state index is -0.0967. The molecule has 6 nitrogen and oxygen atoms in total. The second-order valence-electron chi connectivity index (χ2n) is 7.62. The zero-order valence-electron chi connectivity index (χ0n) is 18.3. The predicted octanol–water partition coefficient (Wildman–Crippen LogP) is 3.85. The summed E-state index contributed by atoms with van der Waals surface area (Å²) >= 11 is 0. The van der Waals surface area contributed by atoms with E-state index in [-0.39, 0.29) is 11.8 Å². The first kappa shape index (κ1) is 21.4. The van der Waals surface area contributed by atoms with Crippen LogP contribution in [-0.4, -0.2) is 62.0 Å². The number of hydrogen-bond donors (Lipinski definition) is 0. The van der Waals surface area contributed by atoms with Gasteiger partial charge in [-0.2, -0.15) is 0 Å². The Kier molecular flexibility index (Phi) is 6.40. The summed E-state index contributed by atoms with van der Waals surface area (Å²) in [6.07, 6.45) is 3.48. The Labute approximate surface area is 187 Å². The molecule has 3 aromatic rings. The second kappa shape index (κ2) is 9.56. The second-order valence-corrected chi connectivity index (χ2v) is 7.62. The van der Waals surface area contributed by atoms with Crippen LogP contribution in [0.4, 0.5) is 0 Å². The first-order valence-electron chi connectivity index (χ1n) is 10.6. The Hall–Kier alpha value is -3.80. The number of methoxy groups -OCH3 is 2. The fourth-order valence-corrected chi connectivity index (χ4v) is 3.91. The summed E-state index contributed by atoms with van der Waals surface area (Å²) in [7, 11) is 3.11. The lowest BCUT2D eigenvalue weighted by Crippen LogP contribution is -2.50. The maximum atomic E-state index is 12.9. The number of piperazine rings is 1. The van der Waals surface area contributed by atoms with E-state index in [9.17, 15) is 9.59 Å². The van der Waals surface area contributed by atoms with Crippen molar-refractivity contribution in [1.29, 1.82) is 0 Å². The van der Waals surface area contributed by atoms with Gasteiger partial charge in [0.25, 0.3) is 5.91 Å². The van der Waals surface area contributed by atoms with Gasteiger partial charge in [0.2, 0.25) is 5.91 Å². The minimum Gasteiger partial charge on any atom is -0.497 e. The van der Waals surface area contributed by atoms with E-state index in [4.69, 9.17) is 9.47 Å². The third kappa shape index (κ3) is 4.59. The first-order chi connectivity index (χ1) is 15.6. The van der Waals surface area contributed by atoms with Crippen molar-refractivity contribution >= 4 is 28.7 Å². The van der Waals surface area contributed by atoms with Crippen molar-refractivity contribution in [2.45, 2.75) is 0 Å². The summed E-state index contributed by atoms with van der Waals surface area (Å²) in [6, 6.07) is 19.3. The maximum absolute atomic E-state index is 12.9. The lowest BCUT2D eigenvalue weighted by atomic mass is 10.0. The van der Waals surface area contributed by atoms with Crippen LogP contribution in [0.3, 0.4) is 0 Å². The molecular formula is C26H26N2O4. The quantitative estimate of drug-likeness (QED) is 0.577. The Morgan fingerprint density at radius 3 is 2.12 bits per heavy atom. The molecule has 6 heteroatoms. The van der Waals surface area contributed by atoms with Crippen molar-refractivity contribution in [3.63, 3.8) is 0 Å². The zero-order chi connectivity index (χ0) is 22.5. The molecule has 0 bridgehead atoms. The van der Waals surface area contributed by atoms with E-state index in [2.05, 4.69) is 18.2 Å². The smallest absolute Gasteiger partial charge is 0.254 e. The molecule has 2 amide bonds. The number of carbonyl (C=O) groups is 2. The number of rotatable bonds is 5. The topological polar surface area (TPSA) is 59.1 Å². The molecule has 0 aromatic heterocycles. The van der Waals surface area contributed by atoms with Gasteiger partial charge in [0.1, 0.15) is 11.5 Å². The van der Waals surface area contributed by atoms with E-state index in [0.717, 1.165) is 16.3 Å². The van der Waals surface area contributed by atoms with E-state index in [1.165, 1.54) is 0 Å². The molecule has 0 spiro atoms. The van der Waals surface area contributed by atoms with Crippen molar-refractivity contribution in [2.24, 2.45) is 0 Å². The van der Waals surface area contributed by atoms with Crippen molar-refractivity contribution in [1.82, 2.24) is 9.80 Å². The van der Waals surface area contributed by atoms with E-state index in [1.807, 2.05) is 30.3 Å². The third-order valence-corrected chi connectivity index (χ3v) is 5.71. The molecule has 0 atom stereocenters. The van der Waals surface area contributed by atoms with E-state index in [0.29, 0.717) is 43.2 Å². The van der Waals surface area contributed by atoms with Gasteiger partial charge in [-0.1, -0.05) is 42.5 Å². The molecule has 1 aliphatic heterocycles. The third-order valence-electron chi connectivity index (χ3n) is 5.71. The average molecular weight is 431 g/mol. The largest absolute Gasteiger partial charge is 0.497 e. The van der Waals surface area contributed by atoms with Crippen LogP contribution in [0.5, 0.6) is 11.5 Å². The van der Waals surface area contributed by atoms with Gasteiger partial charge < -0.3 is 19.3 Å². The van der Waals surface area contributed by atoms with Crippen molar-refractivity contribution in [3.05, 3.63) is 77.9 Å². The summed E-state index contributed by atoms with van der Waals surface area (Å²) in [6.45, 7) is 1.94. The van der Waals surface area contributed by atoms with Crippen LogP contribution in [-0.2, 0) is 4.79 Å². The fraction of sp³-hybridized carbons (Fsp3) is 0.231. The van der Waals surface area contributed by atoms with Crippen molar-refractivity contribution in [2.75, 3.05) is 40.4 Å². The molecule has 32 heavy (non-hydrogen) atoms. The van der Waals surface area contributed by atoms with Gasteiger partial charge in [-0.3, -0.25) is 9.59 Å². The summed E-state index contributed by atoms with van der Waals surface area (Å²) in [5.41, 5.74) is 1.52. The molecule has 0 unspecified atom stereocenters. The van der Waals surface area contributed by atoms with Crippen LogP contribution >= 0.6 is 0 Å². The number of ether oxygens (including phenoxy) is 2. The first-order valence-corrected chi connectivity index (χ1v) is 10.6. The summed E-state index contributed by atoms with van der Waals surface area (Å²) < 4.78 is 10.5. The zero-order valence-corrected chi connectivity index (χ0v) is 18.3. The molecule has 0 N–H and O–H groups in total. The summed E-state index contributed by atoms with van der Waals surface area (Å²) in [4.78, 5) is 29.2.